The molecule has 0 aliphatic rings. The van der Waals surface area contributed by atoms with Gasteiger partial charge >= 0.3 is 0 Å². The first kappa shape index (κ1) is 25.8. The fourth-order valence-electron chi connectivity index (χ4n) is 2.92. The maximum atomic E-state index is 12.9. The highest BCUT2D eigenvalue weighted by atomic mass is 79.9. The van der Waals surface area contributed by atoms with Gasteiger partial charge in [-0.2, -0.15) is 0 Å². The molecule has 32 heavy (non-hydrogen) atoms. The fourth-order valence-corrected chi connectivity index (χ4v) is 3.49. The lowest BCUT2D eigenvalue weighted by molar-refractivity contribution is -0.115. The molecule has 0 aliphatic heterocycles. The number of aryl methyl sites for hydroxylation is 1. The molecule has 2 aromatic rings. The third-order valence-corrected chi connectivity index (χ3v) is 5.46. The average molecular weight is 520 g/mol. The number of halogens is 1. The third kappa shape index (κ3) is 8.24. The molecule has 0 aromatic heterocycles. The van der Waals surface area contributed by atoms with Crippen LogP contribution in [0.3, 0.4) is 0 Å². The molecule has 0 saturated heterocycles. The van der Waals surface area contributed by atoms with Gasteiger partial charge in [0.15, 0.2) is 5.11 Å². The minimum absolute atomic E-state index is 0.0713. The smallest absolute Gasteiger partial charge is 0.261 e. The van der Waals surface area contributed by atoms with Crippen LogP contribution in [0.15, 0.2) is 40.9 Å². The number of benzene rings is 2. The fraction of sp³-hybridized carbons (Fsp3) is 0.375. The first-order valence-electron chi connectivity index (χ1n) is 10.8. The molecule has 2 aromatic carbocycles. The van der Waals surface area contributed by atoms with Crippen molar-refractivity contribution in [2.45, 2.75) is 52.9 Å². The molecule has 0 heterocycles. The van der Waals surface area contributed by atoms with Crippen molar-refractivity contribution in [2.75, 3.05) is 17.2 Å². The number of nitrogens with one attached hydrogen (secondary N) is 3. The lowest BCUT2D eigenvalue weighted by Gasteiger charge is -2.15. The predicted molar refractivity (Wildman–Crippen MR) is 138 cm³/mol. The van der Waals surface area contributed by atoms with E-state index in [2.05, 4.69) is 38.8 Å². The van der Waals surface area contributed by atoms with Gasteiger partial charge < -0.3 is 15.4 Å². The van der Waals surface area contributed by atoms with E-state index < -0.39 is 0 Å². The molecule has 172 valence electrons. The minimum Gasteiger partial charge on any atom is -0.493 e. The molecule has 0 radical (unpaired) electrons. The van der Waals surface area contributed by atoms with Crippen LogP contribution in [0, 0.1) is 6.92 Å². The Morgan fingerprint density at radius 2 is 1.81 bits per heavy atom. The highest BCUT2D eigenvalue weighted by Crippen LogP contribution is 2.24. The lowest BCUT2D eigenvalue weighted by atomic mass is 10.1. The molecule has 2 amide bonds. The van der Waals surface area contributed by atoms with Crippen LogP contribution in [-0.4, -0.2) is 23.5 Å². The molecular weight excluding hydrogens is 490 g/mol. The van der Waals surface area contributed by atoms with E-state index >= 15 is 0 Å². The van der Waals surface area contributed by atoms with Gasteiger partial charge in [0, 0.05) is 22.3 Å². The number of unbranched alkanes of at least 4 members (excludes halogenated alkanes) is 3. The van der Waals surface area contributed by atoms with Gasteiger partial charge in [-0.25, -0.2) is 0 Å². The maximum Gasteiger partial charge on any atom is 0.261 e. The van der Waals surface area contributed by atoms with Gasteiger partial charge in [-0.05, 0) is 61.5 Å². The first-order chi connectivity index (χ1) is 15.3. The highest BCUT2D eigenvalue weighted by molar-refractivity contribution is 9.10. The number of thiocarbonyl (C=S) groups is 1. The Bertz CT molecular complexity index is 966. The van der Waals surface area contributed by atoms with Gasteiger partial charge in [-0.1, -0.05) is 55.1 Å². The number of hydrogen-bond donors (Lipinski definition) is 3. The molecule has 6 nitrogen and oxygen atoms in total. The zero-order valence-electron chi connectivity index (χ0n) is 18.7. The molecule has 3 N–H and O–H groups in total. The average Bonchev–Trinajstić information content (AvgIpc) is 2.76. The monoisotopic (exact) mass is 519 g/mol. The summed E-state index contributed by atoms with van der Waals surface area (Å²) in [5.74, 6) is 0.0851. The van der Waals surface area contributed by atoms with E-state index in [0.717, 1.165) is 29.3 Å². The predicted octanol–water partition coefficient (Wildman–Crippen LogP) is 6.19. The Morgan fingerprint density at radius 1 is 1.03 bits per heavy atom. The summed E-state index contributed by atoms with van der Waals surface area (Å²) in [5, 5.41) is 8.71. The second-order valence-corrected chi connectivity index (χ2v) is 8.71. The van der Waals surface area contributed by atoms with Crippen LogP contribution in [0.4, 0.5) is 11.4 Å². The SMILES string of the molecule is CCCCCCOc1ccc(Br)cc1C(=O)NC(=S)Nc1ccc(C)c(NC(=O)CC)c1. The summed E-state index contributed by atoms with van der Waals surface area (Å²) in [4.78, 5) is 24.6. The molecule has 0 unspecified atom stereocenters. The number of rotatable bonds is 10. The standard InChI is InChI=1S/C24H30BrN3O3S/c1-4-6-7-8-13-31-21-12-10-17(25)14-19(21)23(30)28-24(32)26-18-11-9-16(3)20(15-18)27-22(29)5-2/h9-12,14-15H,4-8,13H2,1-3H3,(H,27,29)(H2,26,28,30,32). The molecule has 0 spiro atoms. The molecule has 0 atom stereocenters. The molecule has 0 saturated carbocycles. The molecule has 8 heteroatoms. The zero-order valence-corrected chi connectivity index (χ0v) is 21.1. The summed E-state index contributed by atoms with van der Waals surface area (Å²) in [7, 11) is 0. The number of anilines is 2. The van der Waals surface area contributed by atoms with Crippen LogP contribution in [-0.2, 0) is 4.79 Å². The summed E-state index contributed by atoms with van der Waals surface area (Å²) >= 11 is 8.74. The topological polar surface area (TPSA) is 79.5 Å². The van der Waals surface area contributed by atoms with Crippen molar-refractivity contribution >= 4 is 56.4 Å². The van der Waals surface area contributed by atoms with E-state index in [9.17, 15) is 9.59 Å². The van der Waals surface area contributed by atoms with Crippen molar-refractivity contribution in [1.29, 1.82) is 0 Å². The van der Waals surface area contributed by atoms with Crippen LogP contribution >= 0.6 is 28.1 Å². The molecule has 2 rings (SSSR count). The molecule has 0 bridgehead atoms. The number of hydrogen-bond acceptors (Lipinski definition) is 4. The van der Waals surface area contributed by atoms with Crippen molar-refractivity contribution in [1.82, 2.24) is 5.32 Å². The van der Waals surface area contributed by atoms with Crippen molar-refractivity contribution in [3.63, 3.8) is 0 Å². The van der Waals surface area contributed by atoms with E-state index in [1.54, 1.807) is 25.1 Å². The summed E-state index contributed by atoms with van der Waals surface area (Å²) < 4.78 is 6.62. The van der Waals surface area contributed by atoms with Crippen LogP contribution in [0.25, 0.3) is 0 Å². The normalized spacial score (nSPS) is 10.4. The number of ether oxygens (including phenoxy) is 1. The number of carbonyl (C=O) groups excluding carboxylic acids is 2. The van der Waals surface area contributed by atoms with Crippen molar-refractivity contribution in [3.8, 4) is 5.75 Å². The first-order valence-corrected chi connectivity index (χ1v) is 12.0. The van der Waals surface area contributed by atoms with Gasteiger partial charge in [0.2, 0.25) is 5.91 Å². The Labute approximate surface area is 203 Å². The molecule has 0 fully saturated rings. The van der Waals surface area contributed by atoms with Crippen LogP contribution in [0.1, 0.15) is 61.9 Å². The highest BCUT2D eigenvalue weighted by Gasteiger charge is 2.15. The van der Waals surface area contributed by atoms with E-state index in [1.165, 1.54) is 6.42 Å². The van der Waals surface area contributed by atoms with Crippen molar-refractivity contribution in [3.05, 3.63) is 52.0 Å². The van der Waals surface area contributed by atoms with Gasteiger partial charge in [0.25, 0.3) is 5.91 Å². The second kappa shape index (κ2) is 13.2. The Hall–Kier alpha value is -2.45. The number of amides is 2. The minimum atomic E-state index is -0.362. The van der Waals surface area contributed by atoms with Gasteiger partial charge in [-0.15, -0.1) is 0 Å². The van der Waals surface area contributed by atoms with Crippen LogP contribution in [0.2, 0.25) is 0 Å². The van der Waals surface area contributed by atoms with Gasteiger partial charge in [0.05, 0.1) is 12.2 Å². The van der Waals surface area contributed by atoms with Gasteiger partial charge in [0.1, 0.15) is 5.75 Å². The number of carbonyl (C=O) groups is 2. The van der Waals surface area contributed by atoms with E-state index in [-0.39, 0.29) is 16.9 Å². The molecular formula is C24H30BrN3O3S. The quantitative estimate of drug-likeness (QED) is 0.257. The molecule has 0 aliphatic carbocycles. The summed E-state index contributed by atoms with van der Waals surface area (Å²) in [6.45, 7) is 6.42. The lowest BCUT2D eigenvalue weighted by Crippen LogP contribution is -2.34. The Morgan fingerprint density at radius 3 is 2.53 bits per heavy atom. The summed E-state index contributed by atoms with van der Waals surface area (Å²) in [5.41, 5.74) is 2.69. The van der Waals surface area contributed by atoms with Gasteiger partial charge in [-0.3, -0.25) is 14.9 Å². The summed E-state index contributed by atoms with van der Waals surface area (Å²) in [6.07, 6.45) is 4.75. The van der Waals surface area contributed by atoms with Crippen LogP contribution < -0.4 is 20.7 Å². The second-order valence-electron chi connectivity index (χ2n) is 7.39. The Kier molecular flexibility index (Phi) is 10.6. The van der Waals surface area contributed by atoms with E-state index in [0.29, 0.717) is 35.7 Å². The maximum absolute atomic E-state index is 12.9. The van der Waals surface area contributed by atoms with Crippen LogP contribution in [0.5, 0.6) is 5.75 Å². The largest absolute Gasteiger partial charge is 0.493 e. The van der Waals surface area contributed by atoms with Crippen molar-refractivity contribution < 1.29 is 14.3 Å². The Balaban J connectivity index is 2.03. The third-order valence-electron chi connectivity index (χ3n) is 4.76. The summed E-state index contributed by atoms with van der Waals surface area (Å²) in [6, 6.07) is 10.8. The van der Waals surface area contributed by atoms with Crippen molar-refractivity contribution in [2.24, 2.45) is 0 Å². The zero-order chi connectivity index (χ0) is 23.5. The van der Waals surface area contributed by atoms with E-state index in [4.69, 9.17) is 17.0 Å². The van der Waals surface area contributed by atoms with E-state index in [1.807, 2.05) is 25.1 Å².